The Morgan fingerprint density at radius 3 is 2.40 bits per heavy atom. The standard InChI is InChI=1S/C4H6F3NO2/c5-4(6,7)3(10)1-8-2-9/h2-3,10H,1H2,(H,8,9). The molecule has 0 aromatic carbocycles. The Balaban J connectivity index is 3.61. The number of alkyl halides is 3. The summed E-state index contributed by atoms with van der Waals surface area (Å²) in [7, 11) is 0. The third-order valence-electron chi connectivity index (χ3n) is 0.772. The highest BCUT2D eigenvalue weighted by Gasteiger charge is 2.37. The lowest BCUT2D eigenvalue weighted by Crippen LogP contribution is -2.37. The normalized spacial score (nSPS) is 14.4. The molecular weight excluding hydrogens is 151 g/mol. The minimum Gasteiger partial charge on any atom is -0.382 e. The number of halogens is 3. The molecule has 2 N–H and O–H groups in total. The Hall–Kier alpha value is -0.780. The van der Waals surface area contributed by atoms with Gasteiger partial charge in [0.15, 0.2) is 6.10 Å². The molecular formula is C4H6F3NO2. The first-order chi connectivity index (χ1) is 4.48. The van der Waals surface area contributed by atoms with E-state index in [1.165, 1.54) is 0 Å². The molecule has 0 radical (unpaired) electrons. The number of aliphatic hydroxyl groups is 1. The van der Waals surface area contributed by atoms with Gasteiger partial charge in [-0.05, 0) is 0 Å². The third kappa shape index (κ3) is 3.29. The summed E-state index contributed by atoms with van der Waals surface area (Å²) in [5, 5.41) is 9.87. The van der Waals surface area contributed by atoms with Gasteiger partial charge in [-0.25, -0.2) is 0 Å². The lowest BCUT2D eigenvalue weighted by molar-refractivity contribution is -0.201. The van der Waals surface area contributed by atoms with Crippen LogP contribution >= 0.6 is 0 Å². The average molecular weight is 157 g/mol. The fourth-order valence-electron chi connectivity index (χ4n) is 0.275. The number of hydrogen-bond acceptors (Lipinski definition) is 2. The second-order valence-electron chi connectivity index (χ2n) is 1.58. The van der Waals surface area contributed by atoms with E-state index in [2.05, 4.69) is 0 Å². The molecule has 1 unspecified atom stereocenters. The highest BCUT2D eigenvalue weighted by molar-refractivity contribution is 5.45. The van der Waals surface area contributed by atoms with Crippen LogP contribution in [-0.4, -0.2) is 30.3 Å². The number of carbonyl (C=O) groups excluding carboxylic acids is 1. The van der Waals surface area contributed by atoms with Gasteiger partial charge in [0.2, 0.25) is 6.41 Å². The first-order valence-electron chi connectivity index (χ1n) is 2.40. The maximum absolute atomic E-state index is 11.4. The van der Waals surface area contributed by atoms with Gasteiger partial charge in [0.1, 0.15) is 0 Å². The molecule has 0 aliphatic carbocycles. The molecule has 0 bridgehead atoms. The average Bonchev–Trinajstić information content (AvgIpc) is 1.80. The summed E-state index contributed by atoms with van der Waals surface area (Å²) in [4.78, 5) is 9.45. The van der Waals surface area contributed by atoms with Gasteiger partial charge in [-0.2, -0.15) is 13.2 Å². The van der Waals surface area contributed by atoms with Crippen LogP contribution in [0.2, 0.25) is 0 Å². The first-order valence-corrected chi connectivity index (χ1v) is 2.40. The van der Waals surface area contributed by atoms with Gasteiger partial charge in [-0.1, -0.05) is 0 Å². The summed E-state index contributed by atoms with van der Waals surface area (Å²) in [5.74, 6) is 0. The SMILES string of the molecule is O=CNCC(O)C(F)(F)F. The molecule has 0 saturated carbocycles. The van der Waals surface area contributed by atoms with Crippen molar-refractivity contribution >= 4 is 6.41 Å². The molecule has 0 aromatic heterocycles. The summed E-state index contributed by atoms with van der Waals surface area (Å²) in [6.45, 7) is -0.799. The van der Waals surface area contributed by atoms with Crippen LogP contribution in [0.4, 0.5) is 13.2 Å². The van der Waals surface area contributed by atoms with Crippen molar-refractivity contribution in [2.75, 3.05) is 6.54 Å². The van der Waals surface area contributed by atoms with Gasteiger partial charge in [-0.15, -0.1) is 0 Å². The van der Waals surface area contributed by atoms with E-state index in [4.69, 9.17) is 5.11 Å². The van der Waals surface area contributed by atoms with Crippen LogP contribution < -0.4 is 5.32 Å². The zero-order chi connectivity index (χ0) is 8.20. The lowest BCUT2D eigenvalue weighted by Gasteiger charge is -2.12. The molecule has 0 aliphatic rings. The van der Waals surface area contributed by atoms with Gasteiger partial charge in [0.05, 0.1) is 6.54 Å². The predicted molar refractivity (Wildman–Crippen MR) is 26.1 cm³/mol. The molecule has 0 rings (SSSR count). The fourth-order valence-corrected chi connectivity index (χ4v) is 0.275. The van der Waals surface area contributed by atoms with Crippen LogP contribution in [0.15, 0.2) is 0 Å². The zero-order valence-corrected chi connectivity index (χ0v) is 4.85. The summed E-state index contributed by atoms with van der Waals surface area (Å²) in [5.41, 5.74) is 0. The Bertz CT molecular complexity index is 114. The fraction of sp³-hybridized carbons (Fsp3) is 0.750. The molecule has 10 heavy (non-hydrogen) atoms. The van der Waals surface area contributed by atoms with Crippen molar-refractivity contribution in [1.29, 1.82) is 0 Å². The summed E-state index contributed by atoms with van der Waals surface area (Å²) in [6.07, 6.45) is -7.04. The number of amides is 1. The highest BCUT2D eigenvalue weighted by atomic mass is 19.4. The molecule has 1 amide bonds. The van der Waals surface area contributed by atoms with Crippen molar-refractivity contribution in [1.82, 2.24) is 5.32 Å². The number of carbonyl (C=O) groups is 1. The van der Waals surface area contributed by atoms with Gasteiger partial charge in [-0.3, -0.25) is 4.79 Å². The minimum absolute atomic E-state index is 0.0922. The largest absolute Gasteiger partial charge is 0.416 e. The van der Waals surface area contributed by atoms with Crippen LogP contribution in [0, 0.1) is 0 Å². The molecule has 0 fully saturated rings. The van der Waals surface area contributed by atoms with E-state index < -0.39 is 18.8 Å². The lowest BCUT2D eigenvalue weighted by atomic mass is 10.3. The van der Waals surface area contributed by atoms with E-state index in [1.807, 2.05) is 0 Å². The smallest absolute Gasteiger partial charge is 0.382 e. The third-order valence-corrected chi connectivity index (χ3v) is 0.772. The maximum atomic E-state index is 11.4. The Kier molecular flexibility index (Phi) is 3.14. The van der Waals surface area contributed by atoms with Gasteiger partial charge < -0.3 is 10.4 Å². The molecule has 3 nitrogen and oxygen atoms in total. The molecule has 60 valence electrons. The maximum Gasteiger partial charge on any atom is 0.416 e. The molecule has 0 saturated heterocycles. The van der Waals surface area contributed by atoms with E-state index in [9.17, 15) is 18.0 Å². The van der Waals surface area contributed by atoms with Crippen LogP contribution in [0.3, 0.4) is 0 Å². The molecule has 1 atom stereocenters. The van der Waals surface area contributed by atoms with Crippen molar-refractivity contribution in [2.24, 2.45) is 0 Å². The van der Waals surface area contributed by atoms with Crippen LogP contribution in [-0.2, 0) is 4.79 Å². The van der Waals surface area contributed by atoms with Crippen molar-refractivity contribution in [3.8, 4) is 0 Å². The Morgan fingerprint density at radius 2 is 2.10 bits per heavy atom. The topological polar surface area (TPSA) is 49.3 Å². The molecule has 0 aromatic rings. The molecule has 0 aliphatic heterocycles. The Labute approximate surface area is 54.8 Å². The monoisotopic (exact) mass is 157 g/mol. The minimum atomic E-state index is -4.66. The number of aliphatic hydroxyl groups excluding tert-OH is 1. The van der Waals surface area contributed by atoms with Crippen LogP contribution in [0.5, 0.6) is 0 Å². The molecule has 6 heteroatoms. The van der Waals surface area contributed by atoms with Crippen LogP contribution in [0.25, 0.3) is 0 Å². The van der Waals surface area contributed by atoms with E-state index in [-0.39, 0.29) is 6.41 Å². The zero-order valence-electron chi connectivity index (χ0n) is 4.85. The van der Waals surface area contributed by atoms with Gasteiger partial charge in [0, 0.05) is 0 Å². The number of hydrogen-bond donors (Lipinski definition) is 2. The Morgan fingerprint density at radius 1 is 1.60 bits per heavy atom. The van der Waals surface area contributed by atoms with E-state index >= 15 is 0 Å². The molecule has 0 heterocycles. The van der Waals surface area contributed by atoms with Gasteiger partial charge >= 0.3 is 6.18 Å². The van der Waals surface area contributed by atoms with Crippen molar-refractivity contribution < 1.29 is 23.1 Å². The summed E-state index contributed by atoms with van der Waals surface area (Å²) in [6, 6.07) is 0. The van der Waals surface area contributed by atoms with E-state index in [0.717, 1.165) is 0 Å². The van der Waals surface area contributed by atoms with Crippen LogP contribution in [0.1, 0.15) is 0 Å². The second-order valence-corrected chi connectivity index (χ2v) is 1.58. The second kappa shape index (κ2) is 3.40. The molecule has 0 spiro atoms. The summed E-state index contributed by atoms with van der Waals surface area (Å²) < 4.78 is 34.1. The van der Waals surface area contributed by atoms with Gasteiger partial charge in [0.25, 0.3) is 0 Å². The number of rotatable bonds is 3. The van der Waals surface area contributed by atoms with E-state index in [0.29, 0.717) is 0 Å². The van der Waals surface area contributed by atoms with Crippen molar-refractivity contribution in [3.05, 3.63) is 0 Å². The number of nitrogens with one attached hydrogen (secondary N) is 1. The first kappa shape index (κ1) is 9.22. The van der Waals surface area contributed by atoms with Crippen molar-refractivity contribution in [2.45, 2.75) is 12.3 Å². The van der Waals surface area contributed by atoms with Crippen molar-refractivity contribution in [3.63, 3.8) is 0 Å². The van der Waals surface area contributed by atoms with E-state index in [1.54, 1.807) is 5.32 Å². The highest BCUT2D eigenvalue weighted by Crippen LogP contribution is 2.18. The predicted octanol–water partition coefficient (Wildman–Crippen LogP) is -0.344. The summed E-state index contributed by atoms with van der Waals surface area (Å²) >= 11 is 0. The quantitative estimate of drug-likeness (QED) is 0.550.